The summed E-state index contributed by atoms with van der Waals surface area (Å²) in [6.45, 7) is 7.12. The molecule has 42 heavy (non-hydrogen) atoms. The fourth-order valence-corrected chi connectivity index (χ4v) is 10.4. The Morgan fingerprint density at radius 2 is 1.60 bits per heavy atom. The quantitative estimate of drug-likeness (QED) is 0.305. The van der Waals surface area contributed by atoms with Crippen LogP contribution in [0.4, 0.5) is 5.69 Å². The van der Waals surface area contributed by atoms with E-state index in [4.69, 9.17) is 0 Å². The second kappa shape index (κ2) is 11.5. The van der Waals surface area contributed by atoms with Crippen molar-refractivity contribution in [1.82, 2.24) is 0 Å². The Hall–Kier alpha value is -2.50. The van der Waals surface area contributed by atoms with Crippen LogP contribution in [0.1, 0.15) is 101 Å². The maximum absolute atomic E-state index is 12.9. The minimum absolute atomic E-state index is 0.00123. The van der Waals surface area contributed by atoms with E-state index in [0.29, 0.717) is 58.7 Å². The van der Waals surface area contributed by atoms with Gasteiger partial charge in [-0.3, -0.25) is 9.59 Å². The zero-order valence-electron chi connectivity index (χ0n) is 25.6. The van der Waals surface area contributed by atoms with Crippen LogP contribution in [-0.2, 0) is 4.79 Å². The predicted molar refractivity (Wildman–Crippen MR) is 166 cm³/mol. The van der Waals surface area contributed by atoms with Crippen LogP contribution in [0.25, 0.3) is 0 Å². The van der Waals surface area contributed by atoms with E-state index >= 15 is 0 Å². The number of rotatable bonds is 7. The van der Waals surface area contributed by atoms with E-state index in [1.54, 1.807) is 24.3 Å². The molecule has 0 saturated heterocycles. The van der Waals surface area contributed by atoms with Gasteiger partial charge in [-0.25, -0.2) is 0 Å². The molecule has 5 unspecified atom stereocenters. The zero-order valence-corrected chi connectivity index (χ0v) is 25.6. The molecule has 0 spiro atoms. The van der Waals surface area contributed by atoms with Crippen molar-refractivity contribution in [3.63, 3.8) is 0 Å². The van der Waals surface area contributed by atoms with E-state index in [-0.39, 0.29) is 34.7 Å². The number of benzene rings is 2. The minimum Gasteiger partial charge on any atom is -0.393 e. The van der Waals surface area contributed by atoms with E-state index in [0.717, 1.165) is 38.5 Å². The molecule has 6 rings (SSSR count). The van der Waals surface area contributed by atoms with Crippen molar-refractivity contribution in [3.8, 4) is 0 Å². The summed E-state index contributed by atoms with van der Waals surface area (Å²) < 4.78 is 0. The second-order valence-corrected chi connectivity index (χ2v) is 14.7. The Labute approximate surface area is 251 Å². The monoisotopic (exact) mass is 571 g/mol. The number of aliphatic hydroxyl groups excluding tert-OH is 2. The predicted octanol–water partition coefficient (Wildman–Crippen LogP) is 7.26. The van der Waals surface area contributed by atoms with Gasteiger partial charge in [-0.1, -0.05) is 51.1 Å². The van der Waals surface area contributed by atoms with E-state index in [1.807, 2.05) is 30.3 Å². The molecule has 226 valence electrons. The molecule has 0 radical (unpaired) electrons. The summed E-state index contributed by atoms with van der Waals surface area (Å²) >= 11 is 0. The molecule has 4 aliphatic rings. The molecule has 0 aromatic heterocycles. The van der Waals surface area contributed by atoms with Crippen molar-refractivity contribution in [2.45, 2.75) is 97.2 Å². The van der Waals surface area contributed by atoms with Gasteiger partial charge in [0.2, 0.25) is 5.91 Å². The van der Waals surface area contributed by atoms with Crippen LogP contribution < -0.4 is 5.32 Å². The molecule has 3 N–H and O–H groups in total. The highest BCUT2D eigenvalue weighted by atomic mass is 16.3. The Balaban J connectivity index is 1.06. The van der Waals surface area contributed by atoms with E-state index in [1.165, 1.54) is 19.3 Å². The molecule has 0 heterocycles. The molecule has 4 saturated carbocycles. The van der Waals surface area contributed by atoms with E-state index in [2.05, 4.69) is 26.1 Å². The summed E-state index contributed by atoms with van der Waals surface area (Å²) in [7, 11) is 0. The Morgan fingerprint density at radius 1 is 0.881 bits per heavy atom. The van der Waals surface area contributed by atoms with Crippen LogP contribution in [0, 0.1) is 46.3 Å². The summed E-state index contributed by atoms with van der Waals surface area (Å²) in [5, 5.41) is 25.2. The lowest BCUT2D eigenvalue weighted by Crippen LogP contribution is -2.58. The van der Waals surface area contributed by atoms with Crippen LogP contribution in [-0.4, -0.2) is 34.1 Å². The molecule has 0 aliphatic heterocycles. The third-order valence-corrected chi connectivity index (χ3v) is 12.8. The average molecular weight is 572 g/mol. The van der Waals surface area contributed by atoms with Gasteiger partial charge >= 0.3 is 0 Å². The Morgan fingerprint density at radius 3 is 2.33 bits per heavy atom. The van der Waals surface area contributed by atoms with Crippen LogP contribution in [0.2, 0.25) is 0 Å². The fraction of sp³-hybridized carbons (Fsp3) is 0.622. The first-order chi connectivity index (χ1) is 20.1. The largest absolute Gasteiger partial charge is 0.393 e. The molecule has 5 heteroatoms. The maximum atomic E-state index is 12.9. The lowest BCUT2D eigenvalue weighted by Gasteiger charge is -2.62. The lowest BCUT2D eigenvalue weighted by atomic mass is 9.43. The zero-order chi connectivity index (χ0) is 29.6. The molecule has 1 amide bonds. The molecule has 4 fully saturated rings. The molecule has 10 atom stereocenters. The summed E-state index contributed by atoms with van der Waals surface area (Å²) in [5.41, 5.74) is 2.13. The molecule has 0 bridgehead atoms. The summed E-state index contributed by atoms with van der Waals surface area (Å²) in [5.74, 6) is 3.13. The number of carbonyl (C=O) groups is 2. The van der Waals surface area contributed by atoms with Gasteiger partial charge in [0.25, 0.3) is 0 Å². The van der Waals surface area contributed by atoms with Gasteiger partial charge in [-0.15, -0.1) is 0 Å². The Kier molecular flexibility index (Phi) is 8.12. The SMILES string of the molecule is CC(CCC(=O)Nc1ccc(C(=O)c2ccccc2)cc1)[C@H]1CCC2C3CCC4C[C@H](O)CC[C@]4(C)C3C[C@H](O)[C@@]21C. The number of carbonyl (C=O) groups excluding carboxylic acids is 2. The highest BCUT2D eigenvalue weighted by Crippen LogP contribution is 2.68. The fourth-order valence-electron chi connectivity index (χ4n) is 10.4. The van der Waals surface area contributed by atoms with Crippen molar-refractivity contribution in [2.75, 3.05) is 5.32 Å². The van der Waals surface area contributed by atoms with Crippen LogP contribution in [0.5, 0.6) is 0 Å². The topological polar surface area (TPSA) is 86.6 Å². The number of fused-ring (bicyclic) bond motifs is 5. The van der Waals surface area contributed by atoms with Gasteiger partial charge < -0.3 is 15.5 Å². The van der Waals surface area contributed by atoms with Crippen molar-refractivity contribution >= 4 is 17.4 Å². The van der Waals surface area contributed by atoms with Gasteiger partial charge in [0.1, 0.15) is 0 Å². The molecule has 2 aromatic rings. The van der Waals surface area contributed by atoms with Crippen molar-refractivity contribution in [2.24, 2.45) is 46.3 Å². The first kappa shape index (κ1) is 29.6. The van der Waals surface area contributed by atoms with Crippen LogP contribution in [0.3, 0.4) is 0 Å². The lowest BCUT2D eigenvalue weighted by molar-refractivity contribution is -0.174. The van der Waals surface area contributed by atoms with E-state index < -0.39 is 0 Å². The van der Waals surface area contributed by atoms with Crippen LogP contribution in [0.15, 0.2) is 54.6 Å². The standard InChI is InChI=1S/C37H49NO4/c1-23(9-18-34(41)38-27-13-10-25(11-14-27)35(42)24-7-5-4-6-8-24)30-16-17-31-29-15-12-26-21-28(39)19-20-36(26,2)32(29)22-33(40)37(30,31)3/h4-8,10-11,13-14,23,26,28-33,39-40H,9,12,15-22H2,1-3H3,(H,38,41)/t23?,26?,28-,29?,30-,31?,32?,33+,36+,37-/m1/s1. The van der Waals surface area contributed by atoms with Gasteiger partial charge in [0, 0.05) is 23.2 Å². The third kappa shape index (κ3) is 5.15. The summed E-state index contributed by atoms with van der Waals surface area (Å²) in [6.07, 6.45) is 9.44. The van der Waals surface area contributed by atoms with Gasteiger partial charge in [-0.05, 0) is 128 Å². The number of amides is 1. The summed E-state index contributed by atoms with van der Waals surface area (Å²) in [4.78, 5) is 25.6. The van der Waals surface area contributed by atoms with E-state index in [9.17, 15) is 19.8 Å². The Bertz CT molecular complexity index is 1280. The van der Waals surface area contributed by atoms with Crippen molar-refractivity contribution < 1.29 is 19.8 Å². The molecule has 2 aromatic carbocycles. The van der Waals surface area contributed by atoms with Crippen molar-refractivity contribution in [3.05, 3.63) is 65.7 Å². The van der Waals surface area contributed by atoms with Crippen molar-refractivity contribution in [1.29, 1.82) is 0 Å². The first-order valence-electron chi connectivity index (χ1n) is 16.5. The van der Waals surface area contributed by atoms with Gasteiger partial charge in [-0.2, -0.15) is 0 Å². The number of nitrogens with one attached hydrogen (secondary N) is 1. The molecule has 4 aliphatic carbocycles. The van der Waals surface area contributed by atoms with Crippen LogP contribution >= 0.6 is 0 Å². The number of aliphatic hydroxyl groups is 2. The second-order valence-electron chi connectivity index (χ2n) is 14.7. The average Bonchev–Trinajstić information content (AvgIpc) is 3.36. The number of anilines is 1. The highest BCUT2D eigenvalue weighted by molar-refractivity contribution is 6.09. The molecular formula is C37H49NO4. The molecule has 5 nitrogen and oxygen atoms in total. The van der Waals surface area contributed by atoms with Gasteiger partial charge in [0.15, 0.2) is 5.78 Å². The first-order valence-corrected chi connectivity index (χ1v) is 16.5. The van der Waals surface area contributed by atoms with Gasteiger partial charge in [0.05, 0.1) is 12.2 Å². The summed E-state index contributed by atoms with van der Waals surface area (Å²) in [6, 6.07) is 16.4. The minimum atomic E-state index is -0.299. The number of ketones is 1. The normalized spacial score (nSPS) is 38.1. The third-order valence-electron chi connectivity index (χ3n) is 12.8. The molecular weight excluding hydrogens is 522 g/mol. The maximum Gasteiger partial charge on any atom is 0.224 e. The smallest absolute Gasteiger partial charge is 0.224 e. The number of hydrogen-bond acceptors (Lipinski definition) is 4. The number of hydrogen-bond donors (Lipinski definition) is 3. The highest BCUT2D eigenvalue weighted by Gasteiger charge is 2.63.